The van der Waals surface area contributed by atoms with Gasteiger partial charge in [-0.3, -0.25) is 4.79 Å². The molecule has 0 spiro atoms. The smallest absolute Gasteiger partial charge is 0.379 e. The maximum absolute atomic E-state index is 13.3. The van der Waals surface area contributed by atoms with Crippen LogP contribution in [0.3, 0.4) is 0 Å². The molecule has 168 valence electrons. The molecule has 0 saturated carbocycles. The number of hydrogen-bond donors (Lipinski definition) is 0. The van der Waals surface area contributed by atoms with E-state index in [1.54, 1.807) is 11.8 Å². The van der Waals surface area contributed by atoms with Crippen LogP contribution in [0.2, 0.25) is 0 Å². The molecule has 1 atom stereocenters. The van der Waals surface area contributed by atoms with Crippen molar-refractivity contribution in [1.29, 1.82) is 0 Å². The molecule has 8 nitrogen and oxygen atoms in total. The van der Waals surface area contributed by atoms with Crippen molar-refractivity contribution in [3.63, 3.8) is 0 Å². The Balaban J connectivity index is 1.51. The summed E-state index contributed by atoms with van der Waals surface area (Å²) in [5.74, 6) is -0.885. The number of benzene rings is 2. The summed E-state index contributed by atoms with van der Waals surface area (Å²) in [5, 5.41) is 4.19. The molecule has 8 heteroatoms. The van der Waals surface area contributed by atoms with Crippen LogP contribution in [-0.2, 0) is 22.6 Å². The average Bonchev–Trinajstić information content (AvgIpc) is 3.24. The summed E-state index contributed by atoms with van der Waals surface area (Å²) in [6.45, 7) is 6.04. The van der Waals surface area contributed by atoms with E-state index in [-0.39, 0.29) is 11.7 Å². The molecule has 0 aliphatic heterocycles. The molecule has 4 aromatic rings. The molecule has 0 radical (unpaired) electrons. The first kappa shape index (κ1) is 22.1. The van der Waals surface area contributed by atoms with Crippen LogP contribution in [0.4, 0.5) is 0 Å². The molecule has 2 aromatic carbocycles. The van der Waals surface area contributed by atoms with Gasteiger partial charge in [0.15, 0.2) is 6.10 Å². The van der Waals surface area contributed by atoms with Crippen molar-refractivity contribution >= 4 is 17.7 Å². The van der Waals surface area contributed by atoms with Gasteiger partial charge >= 0.3 is 5.97 Å². The Morgan fingerprint density at radius 2 is 1.52 bits per heavy atom. The normalized spacial score (nSPS) is 11.8. The van der Waals surface area contributed by atoms with Crippen LogP contribution in [0, 0.1) is 13.8 Å². The predicted octanol–water partition coefficient (Wildman–Crippen LogP) is 3.52. The number of aromatic nitrogens is 4. The third-order valence-corrected chi connectivity index (χ3v) is 5.18. The lowest BCUT2D eigenvalue weighted by molar-refractivity contribution is -0.141. The minimum absolute atomic E-state index is 0.131. The van der Waals surface area contributed by atoms with Gasteiger partial charge in [-0.1, -0.05) is 60.7 Å². The Labute approximate surface area is 191 Å². The van der Waals surface area contributed by atoms with Crippen molar-refractivity contribution in [2.24, 2.45) is 0 Å². The second-order valence-electron chi connectivity index (χ2n) is 7.90. The van der Waals surface area contributed by atoms with Gasteiger partial charge in [0.1, 0.15) is 0 Å². The Morgan fingerprint density at radius 1 is 0.939 bits per heavy atom. The molecule has 0 bridgehead atoms. The van der Waals surface area contributed by atoms with Gasteiger partial charge in [-0.05, 0) is 38.0 Å². The van der Waals surface area contributed by atoms with Crippen LogP contribution in [-0.4, -0.2) is 42.5 Å². The quantitative estimate of drug-likeness (QED) is 0.406. The number of carbonyl (C=O) groups is 2. The minimum atomic E-state index is -1.01. The number of hydrogen-bond acceptors (Lipinski definition) is 6. The van der Waals surface area contributed by atoms with Gasteiger partial charge in [-0.2, -0.15) is 4.98 Å². The largest absolute Gasteiger partial charge is 0.447 e. The number of esters is 1. The van der Waals surface area contributed by atoms with E-state index in [0.717, 1.165) is 22.5 Å². The molecular weight excluding hydrogens is 418 g/mol. The standard InChI is InChI=1S/C25H25N5O3/c1-17-14-18(2)30-25(26-17)27-22(28-30)24(32)33-19(3)23(31)29(15-20-10-6-4-7-11-20)16-21-12-8-5-9-13-21/h4-14,19H,15-16H2,1-3H3. The fraction of sp³-hybridized carbons (Fsp3) is 0.240. The predicted molar refractivity (Wildman–Crippen MR) is 122 cm³/mol. The number of aryl methyl sites for hydroxylation is 2. The molecule has 0 saturated heterocycles. The van der Waals surface area contributed by atoms with E-state index in [2.05, 4.69) is 15.1 Å². The van der Waals surface area contributed by atoms with Crippen LogP contribution in [0.5, 0.6) is 0 Å². The van der Waals surface area contributed by atoms with Gasteiger partial charge in [0, 0.05) is 24.5 Å². The maximum Gasteiger partial charge on any atom is 0.379 e. The van der Waals surface area contributed by atoms with Crippen molar-refractivity contribution < 1.29 is 14.3 Å². The van der Waals surface area contributed by atoms with Gasteiger partial charge in [0.25, 0.3) is 17.5 Å². The monoisotopic (exact) mass is 443 g/mol. The molecule has 0 fully saturated rings. The number of rotatable bonds is 7. The molecule has 4 rings (SSSR count). The van der Waals surface area contributed by atoms with Crippen molar-refractivity contribution in [2.45, 2.75) is 40.0 Å². The van der Waals surface area contributed by atoms with Crippen LogP contribution >= 0.6 is 0 Å². The second-order valence-corrected chi connectivity index (χ2v) is 7.90. The van der Waals surface area contributed by atoms with Crippen molar-refractivity contribution in [3.05, 3.63) is 95.1 Å². The summed E-state index contributed by atoms with van der Waals surface area (Å²) >= 11 is 0. The first-order valence-electron chi connectivity index (χ1n) is 10.7. The molecule has 1 amide bonds. The van der Waals surface area contributed by atoms with E-state index in [9.17, 15) is 9.59 Å². The first-order chi connectivity index (χ1) is 15.9. The molecule has 1 unspecified atom stereocenters. The van der Waals surface area contributed by atoms with Crippen molar-refractivity contribution in [2.75, 3.05) is 0 Å². The van der Waals surface area contributed by atoms with E-state index < -0.39 is 12.1 Å². The lowest BCUT2D eigenvalue weighted by Gasteiger charge is -2.26. The van der Waals surface area contributed by atoms with Crippen LogP contribution < -0.4 is 0 Å². The maximum atomic E-state index is 13.3. The van der Waals surface area contributed by atoms with Crippen LogP contribution in [0.15, 0.2) is 66.7 Å². The van der Waals surface area contributed by atoms with Gasteiger partial charge in [-0.15, -0.1) is 5.10 Å². The first-order valence-corrected chi connectivity index (χ1v) is 10.7. The molecular formula is C25H25N5O3. The summed E-state index contributed by atoms with van der Waals surface area (Å²) in [4.78, 5) is 36.1. The van der Waals surface area contributed by atoms with E-state index >= 15 is 0 Å². The zero-order chi connectivity index (χ0) is 23.4. The molecule has 0 N–H and O–H groups in total. The zero-order valence-corrected chi connectivity index (χ0v) is 18.8. The van der Waals surface area contributed by atoms with Crippen molar-refractivity contribution in [3.8, 4) is 0 Å². The fourth-order valence-corrected chi connectivity index (χ4v) is 3.59. The second kappa shape index (κ2) is 9.60. The third-order valence-electron chi connectivity index (χ3n) is 5.18. The molecule has 2 aromatic heterocycles. The molecule has 0 aliphatic carbocycles. The Hall–Kier alpha value is -4.07. The minimum Gasteiger partial charge on any atom is -0.447 e. The highest BCUT2D eigenvalue weighted by atomic mass is 16.5. The highest BCUT2D eigenvalue weighted by Crippen LogP contribution is 2.14. The average molecular weight is 444 g/mol. The lowest BCUT2D eigenvalue weighted by Crippen LogP contribution is -2.39. The van der Waals surface area contributed by atoms with E-state index in [1.807, 2.05) is 80.6 Å². The van der Waals surface area contributed by atoms with Gasteiger partial charge in [0.2, 0.25) is 0 Å². The summed E-state index contributed by atoms with van der Waals surface area (Å²) in [6.07, 6.45) is -1.01. The van der Waals surface area contributed by atoms with E-state index in [0.29, 0.717) is 18.9 Å². The summed E-state index contributed by atoms with van der Waals surface area (Å²) < 4.78 is 6.94. The SMILES string of the molecule is Cc1cc(C)n2nc(C(=O)OC(C)C(=O)N(Cc3ccccc3)Cc3ccccc3)nc2n1. The highest BCUT2D eigenvalue weighted by Gasteiger charge is 2.27. The van der Waals surface area contributed by atoms with Crippen molar-refractivity contribution in [1.82, 2.24) is 24.5 Å². The molecule has 2 heterocycles. The highest BCUT2D eigenvalue weighted by molar-refractivity contribution is 5.89. The zero-order valence-electron chi connectivity index (χ0n) is 18.8. The summed E-state index contributed by atoms with van der Waals surface area (Å²) in [6, 6.07) is 21.2. The Morgan fingerprint density at radius 3 is 2.09 bits per heavy atom. The van der Waals surface area contributed by atoms with Crippen LogP contribution in [0.1, 0.15) is 40.1 Å². The van der Waals surface area contributed by atoms with E-state index in [4.69, 9.17) is 4.74 Å². The number of amides is 1. The van der Waals surface area contributed by atoms with Crippen LogP contribution in [0.25, 0.3) is 5.78 Å². The Kier molecular flexibility index (Phi) is 6.44. The summed E-state index contributed by atoms with van der Waals surface area (Å²) in [5.41, 5.74) is 3.54. The topological polar surface area (TPSA) is 89.7 Å². The third kappa shape index (κ3) is 5.23. The molecule has 33 heavy (non-hydrogen) atoms. The summed E-state index contributed by atoms with van der Waals surface area (Å²) in [7, 11) is 0. The Bertz CT molecular complexity index is 1230. The van der Waals surface area contributed by atoms with Gasteiger partial charge in [0.05, 0.1) is 0 Å². The molecule has 0 aliphatic rings. The van der Waals surface area contributed by atoms with Gasteiger partial charge < -0.3 is 9.64 Å². The number of ether oxygens (including phenoxy) is 1. The number of fused-ring (bicyclic) bond motifs is 1. The number of nitrogens with zero attached hydrogens (tertiary/aromatic N) is 5. The number of carbonyl (C=O) groups excluding carboxylic acids is 2. The lowest BCUT2D eigenvalue weighted by atomic mass is 10.1. The fourth-order valence-electron chi connectivity index (χ4n) is 3.59. The van der Waals surface area contributed by atoms with Gasteiger partial charge in [-0.25, -0.2) is 14.3 Å². The van der Waals surface area contributed by atoms with E-state index in [1.165, 1.54) is 4.52 Å².